The predicted molar refractivity (Wildman–Crippen MR) is 98.9 cm³/mol. The van der Waals surface area contributed by atoms with Crippen molar-refractivity contribution in [3.05, 3.63) is 59.5 Å². The molecule has 0 spiro atoms. The van der Waals surface area contributed by atoms with Crippen molar-refractivity contribution in [3.8, 4) is 0 Å². The summed E-state index contributed by atoms with van der Waals surface area (Å²) < 4.78 is 5.27. The molecule has 0 radical (unpaired) electrons. The average molecular weight is 368 g/mol. The van der Waals surface area contributed by atoms with E-state index in [1.54, 1.807) is 17.0 Å². The van der Waals surface area contributed by atoms with Crippen LogP contribution in [0.25, 0.3) is 0 Å². The molecule has 2 amide bonds. The van der Waals surface area contributed by atoms with Gasteiger partial charge in [0.2, 0.25) is 5.91 Å². The fourth-order valence-electron chi connectivity index (χ4n) is 4.11. The van der Waals surface area contributed by atoms with Crippen molar-refractivity contribution >= 4 is 11.8 Å². The molecule has 6 heteroatoms. The standard InChI is InChI=1S/C21H24N2O4/c24-17-8-7-14(10-17)12-22-20(25)18-11-15-4-1-2-5-16(15)13-23(18)21(26)19-6-3-9-27-19/h1-6,9,14,17-18,24H,7-8,10-13H2,(H,22,25). The number of amides is 2. The third-order valence-electron chi connectivity index (χ3n) is 5.62. The molecule has 1 saturated carbocycles. The van der Waals surface area contributed by atoms with Crippen LogP contribution in [-0.4, -0.2) is 40.5 Å². The van der Waals surface area contributed by atoms with E-state index in [1.807, 2.05) is 24.3 Å². The Balaban J connectivity index is 1.51. The zero-order chi connectivity index (χ0) is 18.8. The molecule has 4 rings (SSSR count). The molecule has 1 aromatic heterocycles. The van der Waals surface area contributed by atoms with Gasteiger partial charge >= 0.3 is 0 Å². The van der Waals surface area contributed by atoms with E-state index in [2.05, 4.69) is 5.32 Å². The van der Waals surface area contributed by atoms with Crippen molar-refractivity contribution < 1.29 is 19.1 Å². The number of aliphatic hydroxyl groups is 1. The Morgan fingerprint density at radius 1 is 1.15 bits per heavy atom. The molecule has 1 aliphatic heterocycles. The number of furan rings is 1. The summed E-state index contributed by atoms with van der Waals surface area (Å²) in [6.07, 6.45) is 4.13. The van der Waals surface area contributed by atoms with E-state index in [-0.39, 0.29) is 23.7 Å². The van der Waals surface area contributed by atoms with Gasteiger partial charge in [-0.2, -0.15) is 0 Å². The van der Waals surface area contributed by atoms with Gasteiger partial charge in [-0.3, -0.25) is 9.59 Å². The highest BCUT2D eigenvalue weighted by Crippen LogP contribution is 2.27. The minimum Gasteiger partial charge on any atom is -0.459 e. The average Bonchev–Trinajstić information content (AvgIpc) is 3.36. The van der Waals surface area contributed by atoms with E-state index in [0.29, 0.717) is 25.4 Å². The number of hydrogen-bond acceptors (Lipinski definition) is 4. The van der Waals surface area contributed by atoms with E-state index in [4.69, 9.17) is 4.42 Å². The van der Waals surface area contributed by atoms with Gasteiger partial charge in [0.1, 0.15) is 6.04 Å². The van der Waals surface area contributed by atoms with Crippen LogP contribution in [0.4, 0.5) is 0 Å². The largest absolute Gasteiger partial charge is 0.459 e. The molecule has 1 aromatic carbocycles. The summed E-state index contributed by atoms with van der Waals surface area (Å²) in [4.78, 5) is 27.4. The summed E-state index contributed by atoms with van der Waals surface area (Å²) in [5.74, 6) is 0.122. The Kier molecular flexibility index (Phi) is 4.99. The third-order valence-corrected chi connectivity index (χ3v) is 5.62. The lowest BCUT2D eigenvalue weighted by atomic mass is 9.93. The van der Waals surface area contributed by atoms with Crippen molar-refractivity contribution in [2.45, 2.75) is 44.4 Å². The van der Waals surface area contributed by atoms with Crippen molar-refractivity contribution in [1.82, 2.24) is 10.2 Å². The van der Waals surface area contributed by atoms with Crippen LogP contribution in [0.3, 0.4) is 0 Å². The first-order chi connectivity index (χ1) is 13.1. The molecule has 3 unspecified atom stereocenters. The Morgan fingerprint density at radius 2 is 1.96 bits per heavy atom. The molecule has 2 aliphatic rings. The van der Waals surface area contributed by atoms with Gasteiger partial charge in [0, 0.05) is 19.5 Å². The van der Waals surface area contributed by atoms with Gasteiger partial charge in [-0.05, 0) is 48.4 Å². The SMILES string of the molecule is O=C(NCC1CCC(O)C1)C1Cc2ccccc2CN1C(=O)c1ccco1. The fraction of sp³-hybridized carbons (Fsp3) is 0.429. The number of benzene rings is 1. The minimum atomic E-state index is -0.566. The van der Waals surface area contributed by atoms with Crippen molar-refractivity contribution in [1.29, 1.82) is 0 Å². The number of carbonyl (C=O) groups is 2. The molecule has 0 saturated heterocycles. The number of nitrogens with zero attached hydrogens (tertiary/aromatic N) is 1. The van der Waals surface area contributed by atoms with Gasteiger partial charge in [-0.15, -0.1) is 0 Å². The number of aliphatic hydroxyl groups excluding tert-OH is 1. The number of hydrogen-bond donors (Lipinski definition) is 2. The van der Waals surface area contributed by atoms with Gasteiger partial charge in [0.25, 0.3) is 5.91 Å². The van der Waals surface area contributed by atoms with E-state index >= 15 is 0 Å². The summed E-state index contributed by atoms with van der Waals surface area (Å²) >= 11 is 0. The predicted octanol–water partition coefficient (Wildman–Crippen LogP) is 2.12. The van der Waals surface area contributed by atoms with Crippen LogP contribution in [0.15, 0.2) is 47.1 Å². The zero-order valence-corrected chi connectivity index (χ0v) is 15.1. The van der Waals surface area contributed by atoms with Crippen LogP contribution in [0.5, 0.6) is 0 Å². The molecule has 3 atom stereocenters. The molecule has 27 heavy (non-hydrogen) atoms. The summed E-state index contributed by atoms with van der Waals surface area (Å²) in [7, 11) is 0. The summed E-state index contributed by atoms with van der Waals surface area (Å²) in [5, 5.41) is 12.7. The van der Waals surface area contributed by atoms with Crippen molar-refractivity contribution in [3.63, 3.8) is 0 Å². The van der Waals surface area contributed by atoms with Gasteiger partial charge in [0.05, 0.1) is 12.4 Å². The van der Waals surface area contributed by atoms with Crippen LogP contribution in [0.1, 0.15) is 40.9 Å². The lowest BCUT2D eigenvalue weighted by molar-refractivity contribution is -0.126. The zero-order valence-electron chi connectivity index (χ0n) is 15.1. The van der Waals surface area contributed by atoms with Crippen molar-refractivity contribution in [2.75, 3.05) is 6.54 Å². The highest BCUT2D eigenvalue weighted by atomic mass is 16.3. The maximum atomic E-state index is 12.9. The first-order valence-corrected chi connectivity index (χ1v) is 9.49. The Hall–Kier alpha value is -2.60. The van der Waals surface area contributed by atoms with Crippen LogP contribution in [0.2, 0.25) is 0 Å². The van der Waals surface area contributed by atoms with Crippen LogP contribution < -0.4 is 5.32 Å². The number of nitrogens with one attached hydrogen (secondary N) is 1. The minimum absolute atomic E-state index is 0.147. The highest BCUT2D eigenvalue weighted by molar-refractivity contribution is 5.96. The molecule has 1 fully saturated rings. The van der Waals surface area contributed by atoms with Gasteiger partial charge in [-0.25, -0.2) is 0 Å². The lowest BCUT2D eigenvalue weighted by Gasteiger charge is -2.35. The molecule has 6 nitrogen and oxygen atoms in total. The van der Waals surface area contributed by atoms with E-state index in [0.717, 1.165) is 30.4 Å². The summed E-state index contributed by atoms with van der Waals surface area (Å²) in [6.45, 7) is 0.923. The smallest absolute Gasteiger partial charge is 0.290 e. The van der Waals surface area contributed by atoms with Gasteiger partial charge in [-0.1, -0.05) is 24.3 Å². The normalized spacial score (nSPS) is 24.5. The van der Waals surface area contributed by atoms with Crippen LogP contribution in [0, 0.1) is 5.92 Å². The quantitative estimate of drug-likeness (QED) is 0.866. The topological polar surface area (TPSA) is 82.8 Å². The molecular formula is C21H24N2O4. The summed E-state index contributed by atoms with van der Waals surface area (Å²) in [5.41, 5.74) is 2.15. The Morgan fingerprint density at radius 3 is 2.67 bits per heavy atom. The Bertz CT molecular complexity index is 817. The maximum Gasteiger partial charge on any atom is 0.290 e. The number of rotatable bonds is 4. The number of fused-ring (bicyclic) bond motifs is 1. The molecule has 2 aromatic rings. The van der Waals surface area contributed by atoms with Crippen LogP contribution >= 0.6 is 0 Å². The molecule has 2 N–H and O–H groups in total. The highest BCUT2D eigenvalue weighted by Gasteiger charge is 2.36. The first-order valence-electron chi connectivity index (χ1n) is 9.49. The second-order valence-corrected chi connectivity index (χ2v) is 7.48. The van der Waals surface area contributed by atoms with Crippen LogP contribution in [-0.2, 0) is 17.8 Å². The summed E-state index contributed by atoms with van der Waals surface area (Å²) in [6, 6.07) is 10.6. The van der Waals surface area contributed by atoms with Crippen molar-refractivity contribution in [2.24, 2.45) is 5.92 Å². The lowest BCUT2D eigenvalue weighted by Crippen LogP contribution is -2.53. The second kappa shape index (κ2) is 7.56. The van der Waals surface area contributed by atoms with E-state index < -0.39 is 6.04 Å². The molecule has 2 heterocycles. The molecule has 1 aliphatic carbocycles. The first kappa shape index (κ1) is 17.8. The molecule has 142 valence electrons. The van der Waals surface area contributed by atoms with E-state index in [1.165, 1.54) is 6.26 Å². The van der Waals surface area contributed by atoms with E-state index in [9.17, 15) is 14.7 Å². The maximum absolute atomic E-state index is 12.9. The molecule has 0 bridgehead atoms. The van der Waals surface area contributed by atoms with Gasteiger partial charge in [0.15, 0.2) is 5.76 Å². The molecular weight excluding hydrogens is 344 g/mol. The third kappa shape index (κ3) is 3.76. The second-order valence-electron chi connectivity index (χ2n) is 7.48. The monoisotopic (exact) mass is 368 g/mol. The Labute approximate surface area is 158 Å². The number of carbonyl (C=O) groups excluding carboxylic acids is 2. The van der Waals surface area contributed by atoms with Gasteiger partial charge < -0.3 is 19.7 Å². The fourth-order valence-corrected chi connectivity index (χ4v) is 4.11.